The van der Waals surface area contributed by atoms with Crippen LogP contribution in [0.25, 0.3) is 11.2 Å². The first-order valence-corrected chi connectivity index (χ1v) is 17.7. The van der Waals surface area contributed by atoms with Gasteiger partial charge in [0.05, 0.1) is 29.6 Å². The lowest BCUT2D eigenvalue weighted by atomic mass is 10.0. The van der Waals surface area contributed by atoms with Crippen LogP contribution in [0.3, 0.4) is 0 Å². The van der Waals surface area contributed by atoms with Gasteiger partial charge in [0.25, 0.3) is 23.6 Å². The molecule has 2 aromatic carbocycles. The van der Waals surface area contributed by atoms with Gasteiger partial charge in [0.1, 0.15) is 6.04 Å². The molecule has 0 saturated carbocycles. The fourth-order valence-electron chi connectivity index (χ4n) is 5.71. The lowest BCUT2D eigenvalue weighted by molar-refractivity contribution is -0.139. The van der Waals surface area contributed by atoms with Gasteiger partial charge in [-0.2, -0.15) is 9.97 Å². The Balaban J connectivity index is 1.06. The highest BCUT2D eigenvalue weighted by atomic mass is 16.4. The van der Waals surface area contributed by atoms with Crippen molar-refractivity contribution in [3.8, 4) is 0 Å². The van der Waals surface area contributed by atoms with Crippen molar-refractivity contribution in [1.82, 2.24) is 35.5 Å². The second-order valence-electron chi connectivity index (χ2n) is 12.8. The maximum absolute atomic E-state index is 13.0. The molecule has 0 saturated heterocycles. The molecule has 20 heteroatoms. The number of benzene rings is 2. The standard InChI is InChI=1S/C37H39N11O9/c38-31-30-32(47-37(39)46-31)42-19-23(44-30)18-41-21-9-7-20(8-10-21)33(52)45-26(36(56)57)5-4-15-40-34(53)25-17-22(11-12-24(25)35(54)55)43-27(49)6-2-1-3-16-48-28(50)13-14-29(48)51/h7-14,17,19,26,41H,1-6,15-16,18H2,(H,40,53)(H,43,49)(H,45,52)(H,54,55)(H,56,57)(H4,38,39,42,46,47). The van der Waals surface area contributed by atoms with Gasteiger partial charge in [0.15, 0.2) is 17.0 Å². The quantitative estimate of drug-likeness (QED) is 0.0496. The summed E-state index contributed by atoms with van der Waals surface area (Å²) in [5.41, 5.74) is 13.1. The number of carboxylic acid groups (broad SMARTS) is 2. The van der Waals surface area contributed by atoms with E-state index in [2.05, 4.69) is 41.2 Å². The second kappa shape index (κ2) is 18.7. The maximum atomic E-state index is 13.0. The Morgan fingerprint density at radius 2 is 1.53 bits per heavy atom. The number of carbonyl (C=O) groups is 7. The highest BCUT2D eigenvalue weighted by Crippen LogP contribution is 2.19. The minimum absolute atomic E-state index is 0.0148. The van der Waals surface area contributed by atoms with Crippen molar-refractivity contribution in [3.63, 3.8) is 0 Å². The van der Waals surface area contributed by atoms with Gasteiger partial charge in [-0.05, 0) is 68.1 Å². The van der Waals surface area contributed by atoms with E-state index in [0.717, 1.165) is 4.90 Å². The lowest BCUT2D eigenvalue weighted by Gasteiger charge is -2.15. The number of anilines is 4. The fourth-order valence-corrected chi connectivity index (χ4v) is 5.71. The number of imide groups is 1. The molecule has 1 aliphatic rings. The first kappa shape index (κ1) is 40.7. The zero-order valence-corrected chi connectivity index (χ0v) is 30.4. The third-order valence-electron chi connectivity index (χ3n) is 8.64. The smallest absolute Gasteiger partial charge is 0.336 e. The third-order valence-corrected chi connectivity index (χ3v) is 8.64. The van der Waals surface area contributed by atoms with Gasteiger partial charge in [-0.1, -0.05) is 6.42 Å². The summed E-state index contributed by atoms with van der Waals surface area (Å²) in [6.07, 6.45) is 5.65. The Hall–Kier alpha value is -7.51. The topological polar surface area (TPSA) is 315 Å². The van der Waals surface area contributed by atoms with Crippen molar-refractivity contribution >= 4 is 75.8 Å². The van der Waals surface area contributed by atoms with Crippen LogP contribution in [0.5, 0.6) is 0 Å². The molecule has 5 amide bonds. The summed E-state index contributed by atoms with van der Waals surface area (Å²) in [7, 11) is 0. The van der Waals surface area contributed by atoms with Gasteiger partial charge in [0.2, 0.25) is 11.9 Å². The molecule has 4 aromatic rings. The van der Waals surface area contributed by atoms with Gasteiger partial charge < -0.3 is 42.9 Å². The van der Waals surface area contributed by atoms with Crippen molar-refractivity contribution in [2.75, 3.05) is 35.2 Å². The summed E-state index contributed by atoms with van der Waals surface area (Å²) >= 11 is 0. The van der Waals surface area contributed by atoms with Crippen LogP contribution in [0.1, 0.15) is 75.3 Å². The highest BCUT2D eigenvalue weighted by molar-refractivity contribution is 6.12. The Morgan fingerprint density at radius 3 is 2.23 bits per heavy atom. The van der Waals surface area contributed by atoms with Crippen LogP contribution in [-0.2, 0) is 25.7 Å². The number of nitrogens with two attached hydrogens (primary N) is 2. The summed E-state index contributed by atoms with van der Waals surface area (Å²) in [6, 6.07) is 8.76. The normalized spacial score (nSPS) is 12.7. The Labute approximate surface area is 324 Å². The molecule has 1 unspecified atom stereocenters. The summed E-state index contributed by atoms with van der Waals surface area (Å²) in [4.78, 5) is 103. The molecular formula is C37H39N11O9. The molecule has 3 heterocycles. The molecule has 5 rings (SSSR count). The van der Waals surface area contributed by atoms with E-state index < -0.39 is 29.8 Å². The number of aromatic carboxylic acids is 1. The van der Waals surface area contributed by atoms with E-state index in [9.17, 15) is 43.8 Å². The van der Waals surface area contributed by atoms with E-state index in [1.165, 1.54) is 48.7 Å². The Bertz CT molecular complexity index is 2230. The number of nitrogens with zero attached hydrogens (tertiary/aromatic N) is 5. The molecule has 10 N–H and O–H groups in total. The molecule has 57 heavy (non-hydrogen) atoms. The zero-order chi connectivity index (χ0) is 41.1. The first-order valence-electron chi connectivity index (χ1n) is 17.7. The van der Waals surface area contributed by atoms with Gasteiger partial charge in [-0.3, -0.25) is 28.9 Å². The molecule has 0 radical (unpaired) electrons. The van der Waals surface area contributed by atoms with Gasteiger partial charge in [0, 0.05) is 48.6 Å². The fraction of sp³-hybridized carbons (Fsp3) is 0.270. The predicted molar refractivity (Wildman–Crippen MR) is 205 cm³/mol. The molecule has 0 aliphatic carbocycles. The number of fused-ring (bicyclic) bond motifs is 1. The van der Waals surface area contributed by atoms with Gasteiger partial charge in [-0.25, -0.2) is 19.6 Å². The number of aromatic nitrogens is 4. The molecule has 296 valence electrons. The number of hydrogen-bond donors (Lipinski definition) is 8. The Morgan fingerprint density at radius 1 is 0.807 bits per heavy atom. The largest absolute Gasteiger partial charge is 0.480 e. The van der Waals surface area contributed by atoms with Crippen molar-refractivity contribution in [1.29, 1.82) is 0 Å². The van der Waals surface area contributed by atoms with Crippen LogP contribution < -0.4 is 32.7 Å². The van der Waals surface area contributed by atoms with E-state index in [1.54, 1.807) is 12.1 Å². The van der Waals surface area contributed by atoms with Crippen molar-refractivity contribution in [2.45, 2.75) is 51.1 Å². The number of nitrogen functional groups attached to an aromatic ring is 2. The minimum atomic E-state index is -1.37. The number of amides is 5. The number of nitrogens with one attached hydrogen (secondary N) is 4. The van der Waals surface area contributed by atoms with E-state index in [1.807, 2.05) is 0 Å². The monoisotopic (exact) mass is 781 g/mol. The zero-order valence-electron chi connectivity index (χ0n) is 30.4. The Kier molecular flexibility index (Phi) is 13.3. The molecule has 1 atom stereocenters. The third kappa shape index (κ3) is 11.0. The SMILES string of the molecule is Nc1nc(N)c2nc(CNc3ccc(C(=O)NC(CCCNC(=O)c4cc(NC(=O)CCCCCN5C(=O)C=CC5=O)ccc4C(=O)O)C(=O)O)cc3)cnc2n1. The highest BCUT2D eigenvalue weighted by Gasteiger charge is 2.23. The van der Waals surface area contributed by atoms with Crippen LogP contribution in [0, 0.1) is 0 Å². The number of carboxylic acids is 2. The van der Waals surface area contributed by atoms with E-state index in [0.29, 0.717) is 36.2 Å². The number of aliphatic carboxylic acids is 1. The number of hydrogen-bond acceptors (Lipinski definition) is 14. The van der Waals surface area contributed by atoms with Crippen LogP contribution in [-0.4, -0.2) is 95.7 Å². The summed E-state index contributed by atoms with van der Waals surface area (Å²) in [5, 5.41) is 30.2. The molecule has 1 aliphatic heterocycles. The predicted octanol–water partition coefficient (Wildman–Crippen LogP) is 1.71. The van der Waals surface area contributed by atoms with E-state index in [-0.39, 0.29) is 96.4 Å². The summed E-state index contributed by atoms with van der Waals surface area (Å²) in [6.45, 7) is 0.457. The van der Waals surface area contributed by atoms with E-state index >= 15 is 0 Å². The van der Waals surface area contributed by atoms with E-state index in [4.69, 9.17) is 11.5 Å². The van der Waals surface area contributed by atoms with Crippen LogP contribution in [0.15, 0.2) is 60.8 Å². The number of unbranched alkanes of at least 4 members (excludes halogenated alkanes) is 2. The lowest BCUT2D eigenvalue weighted by Crippen LogP contribution is -2.41. The van der Waals surface area contributed by atoms with Crippen molar-refractivity contribution in [3.05, 3.63) is 83.2 Å². The van der Waals surface area contributed by atoms with Crippen LogP contribution in [0.4, 0.5) is 23.1 Å². The van der Waals surface area contributed by atoms with Crippen LogP contribution in [0.2, 0.25) is 0 Å². The second-order valence-corrected chi connectivity index (χ2v) is 12.8. The average molecular weight is 782 g/mol. The summed E-state index contributed by atoms with van der Waals surface area (Å²) < 4.78 is 0. The van der Waals surface area contributed by atoms with Gasteiger partial charge in [-0.15, -0.1) is 0 Å². The first-order chi connectivity index (χ1) is 27.3. The van der Waals surface area contributed by atoms with Crippen molar-refractivity contribution in [2.24, 2.45) is 0 Å². The number of carbonyl (C=O) groups excluding carboxylic acids is 5. The van der Waals surface area contributed by atoms with Gasteiger partial charge >= 0.3 is 11.9 Å². The molecule has 0 fully saturated rings. The number of rotatable bonds is 19. The van der Waals surface area contributed by atoms with Crippen molar-refractivity contribution < 1.29 is 43.8 Å². The molecule has 0 bridgehead atoms. The molecule has 20 nitrogen and oxygen atoms in total. The molecular weight excluding hydrogens is 742 g/mol. The maximum Gasteiger partial charge on any atom is 0.336 e. The average Bonchev–Trinajstić information content (AvgIpc) is 3.50. The summed E-state index contributed by atoms with van der Waals surface area (Å²) in [5.74, 6) is -5.08. The molecule has 0 spiro atoms. The van der Waals surface area contributed by atoms with Crippen LogP contribution >= 0.6 is 0 Å². The minimum Gasteiger partial charge on any atom is -0.480 e. The molecule has 2 aromatic heterocycles.